The molecule has 0 aliphatic heterocycles. The van der Waals surface area contributed by atoms with E-state index in [0.29, 0.717) is 34.9 Å². The second-order valence-electron chi connectivity index (χ2n) is 28.6. The molecule has 1 fully saturated rings. The normalized spacial score (nSPS) is 12.4. The number of aromatic carboxylic acids is 1. The van der Waals surface area contributed by atoms with Gasteiger partial charge in [0, 0.05) is 170 Å². The Morgan fingerprint density at radius 3 is 1.12 bits per heavy atom. The molecule has 726 valence electrons. The summed E-state index contributed by atoms with van der Waals surface area (Å²) in [5.74, 6) is 2.09. The third kappa shape index (κ3) is 34.6. The average molecular weight is 2980 g/mol. The van der Waals surface area contributed by atoms with E-state index in [1.165, 1.54) is 53.3 Å². The van der Waals surface area contributed by atoms with Crippen LogP contribution in [0.1, 0.15) is 109 Å². The van der Waals surface area contributed by atoms with Gasteiger partial charge in [-0.05, 0) is 173 Å². The summed E-state index contributed by atoms with van der Waals surface area (Å²) in [5, 5.41) is 87.0. The van der Waals surface area contributed by atoms with Gasteiger partial charge in [-0.3, -0.25) is 60.0 Å². The van der Waals surface area contributed by atoms with Crippen molar-refractivity contribution in [2.75, 3.05) is 0 Å². The first-order valence-corrected chi connectivity index (χ1v) is 45.5. The predicted octanol–water partition coefficient (Wildman–Crippen LogP) is 15.4. The zero-order valence-electron chi connectivity index (χ0n) is 73.5. The van der Waals surface area contributed by atoms with Gasteiger partial charge in [-0.2, -0.15) is 25.6 Å². The molecule has 2 bridgehead atoms. The first-order valence-electron chi connectivity index (χ1n) is 39.8. The second-order valence-corrected chi connectivity index (χ2v) is 31.8. The third-order valence-electron chi connectivity index (χ3n) is 19.2. The Morgan fingerprint density at radius 2 is 0.804 bits per heavy atom. The van der Waals surface area contributed by atoms with Crippen LogP contribution >= 0.6 is 18.8 Å². The first kappa shape index (κ1) is 116. The van der Waals surface area contributed by atoms with Crippen LogP contribution in [0.5, 0.6) is 0 Å². The van der Waals surface area contributed by atoms with Crippen molar-refractivity contribution in [3.63, 3.8) is 0 Å². The van der Waals surface area contributed by atoms with Crippen molar-refractivity contribution in [2.45, 2.75) is 100 Å². The van der Waals surface area contributed by atoms with Gasteiger partial charge in [-0.25, -0.2) is 9.78 Å². The predicted molar refractivity (Wildman–Crippen MR) is 486 cm³/mol. The van der Waals surface area contributed by atoms with E-state index in [1.54, 1.807) is 143 Å². The van der Waals surface area contributed by atoms with E-state index in [-0.39, 0.29) is 135 Å². The van der Waals surface area contributed by atoms with E-state index in [1.807, 2.05) is 131 Å². The molecule has 1 aromatic carbocycles. The van der Waals surface area contributed by atoms with Crippen molar-refractivity contribution in [3.05, 3.63) is 344 Å². The van der Waals surface area contributed by atoms with Gasteiger partial charge >= 0.3 is 132 Å². The summed E-state index contributed by atoms with van der Waals surface area (Å²) in [6.45, 7) is 18.4. The summed E-state index contributed by atoms with van der Waals surface area (Å²) in [4.78, 5) is 63.1. The van der Waals surface area contributed by atoms with Crippen LogP contribution in [-0.2, 0) is 133 Å². The number of aryl methyl sites for hydroxylation is 6. The Hall–Kier alpha value is -12.4. The van der Waals surface area contributed by atoms with E-state index in [9.17, 15) is 18.0 Å². The van der Waals surface area contributed by atoms with Crippen molar-refractivity contribution in [2.24, 2.45) is 5.41 Å². The molecular weight excluding hydrogens is 2900 g/mol. The number of carboxylic acids is 1. The van der Waals surface area contributed by atoms with E-state index in [0.717, 1.165) is 97.2 Å². The Morgan fingerprint density at radius 1 is 0.420 bits per heavy atom. The fraction of sp³-hybridized carbons (Fsp3) is 0.174. The molecule has 1 N–H and O–H groups in total. The molecule has 2 unspecified atom stereocenters. The minimum atomic E-state index is -4.46. The van der Waals surface area contributed by atoms with E-state index >= 15 is 0 Å². The van der Waals surface area contributed by atoms with Gasteiger partial charge in [-0.15, -0.1) is 0 Å². The molecule has 46 heteroatoms. The molecule has 19 heterocycles. The first-order chi connectivity index (χ1) is 64.0. The largest absolute Gasteiger partial charge is 2.00 e. The zero-order valence-corrected chi connectivity index (χ0v) is 88.7. The van der Waals surface area contributed by atoms with Gasteiger partial charge in [0.25, 0.3) is 0 Å². The van der Waals surface area contributed by atoms with Crippen molar-refractivity contribution in [1.29, 1.82) is 0 Å². The molecule has 22 rings (SSSR count). The molecule has 0 radical (unpaired) electrons. The van der Waals surface area contributed by atoms with Crippen LogP contribution in [0.15, 0.2) is 287 Å². The number of fused-ring (bicyclic) bond motifs is 6. The van der Waals surface area contributed by atoms with Crippen molar-refractivity contribution < 1.29 is 145 Å². The maximum atomic E-state index is 12.2. The standard InChI is InChI=1S/C20H20N3.C9H5F3N3.2C9H8N3.4C8H7N4.C6H5NO2.2C3H3N2.CH4.2ClH.6Pt/c1-19(2)14-8-10-20(19,3)18-15(14)17(22-23-18)16-13-7-5-4-6-12(13)9-11-21-16;10-9(11,12)8-5-7(14-15-8)6-3-1-2-4-13-6;2*1-7-6-9(12-11-7)8-4-2-3-5-10-8;2*1-6-4-7(12-11-6)8-5-9-2-3-10-8;2*1-6-10-8(12-11-6)7-4-2-3-5-9-7;8-6(9)5-3-1-2-4-7-5;2*1-2-4-5-3-1;;;;;;;;;/h4-7,9,11,14H,8,10H2,1-3H3;1-5H;2*2-6H,1H3;4*2-5H,1H3;1-4H,(H,8,9);2*1-3H;1H4;2*1H;;;;;;/q8*-1;;2*-1;;;;;5*+2/p-2. The van der Waals surface area contributed by atoms with Gasteiger partial charge in [0.1, 0.15) is 11.4 Å². The van der Waals surface area contributed by atoms with Gasteiger partial charge in [-0.1, -0.05) is 159 Å². The number of hydrogen-bond donors (Lipinski definition) is 1. The number of hydrogen-bond acceptors (Lipinski definition) is 24. The molecule has 1 saturated carbocycles. The number of aromatic nitrogens is 33. The Bertz CT molecular complexity index is 6030. The number of alkyl halides is 3. The monoisotopic (exact) mass is 2980 g/mol. The number of carbonyl (C=O) groups is 1. The number of halogens is 5. The second kappa shape index (κ2) is 59.7. The van der Waals surface area contributed by atoms with E-state index in [2.05, 4.69) is 218 Å². The third-order valence-corrected chi connectivity index (χ3v) is 19.2. The number of nitrogens with zero attached hydrogens (tertiary/aromatic N) is 33. The molecule has 35 nitrogen and oxygen atoms in total. The minimum Gasteiger partial charge on any atom is -0.582 e. The minimum absolute atomic E-state index is 0. The SMILES string of the molecule is C.CC12CCC(c3c1n[n-]c3-c1nccc3ccccc13)C2(C)C.Cc1cc(-c2ccccn2)[n-]n1.Cc1cc(-c2ccccn2)[n-]n1.Cc1cc(-c2cnccn2)[n-]n1.Cc1cc(-c2cnccn2)[n-]n1.Cc1n[n-]c(-c2ccccn2)n1.Cc1n[n-]c(-c2ccccn2)n1.FC(F)(F)c1cc(-c2ccccn2)[n-]n1.O=C(O)c1ccccn1.[Cl][Pt][Cl].[Pt+2].[Pt+2].[Pt+2].[Pt+2].[Pt].c1cn[n-]c1.c1cn[n-]c1. The molecule has 0 spiro atoms. The van der Waals surface area contributed by atoms with Gasteiger partial charge in [0.05, 0.1) is 40.9 Å². The van der Waals surface area contributed by atoms with Gasteiger partial charge in [0.15, 0.2) is 0 Å². The summed E-state index contributed by atoms with van der Waals surface area (Å²) in [6.07, 6.45) is 26.2. The maximum absolute atomic E-state index is 12.2. The van der Waals surface area contributed by atoms with E-state index in [4.69, 9.17) is 23.9 Å². The van der Waals surface area contributed by atoms with Crippen molar-refractivity contribution in [1.82, 2.24) is 167 Å². The fourth-order valence-electron chi connectivity index (χ4n) is 12.7. The van der Waals surface area contributed by atoms with Crippen LogP contribution in [0.3, 0.4) is 0 Å². The van der Waals surface area contributed by atoms with E-state index < -0.39 is 34.3 Å². The molecule has 2 atom stereocenters. The van der Waals surface area contributed by atoms with Crippen LogP contribution in [0.4, 0.5) is 13.2 Å². The topological polar surface area (TPSA) is 475 Å². The summed E-state index contributed by atoms with van der Waals surface area (Å²) >= 11 is -0.472. The van der Waals surface area contributed by atoms with Gasteiger partial charge < -0.3 is 107 Å². The summed E-state index contributed by atoms with van der Waals surface area (Å²) < 4.78 is 36.6. The number of benzene rings is 1. The number of carboxylic acid groups (broad SMARTS) is 1. The quantitative estimate of drug-likeness (QED) is 0.140. The van der Waals surface area contributed by atoms with Crippen LogP contribution in [0, 0.1) is 47.0 Å². The average Bonchev–Trinajstić information content (AvgIpc) is 1.52. The number of rotatable bonds is 9. The number of pyridine rings is 7. The molecule has 0 amide bonds. The Balaban J connectivity index is 0.000000271. The molecular formula is C92H84Cl2F3N33O2Pt6-2. The van der Waals surface area contributed by atoms with Crippen LogP contribution in [0.25, 0.3) is 102 Å². The molecule has 2 aliphatic carbocycles. The Labute approximate surface area is 880 Å². The zero-order chi connectivity index (χ0) is 93.5. The van der Waals surface area contributed by atoms with Crippen LogP contribution in [-0.4, -0.2) is 127 Å². The smallest absolute Gasteiger partial charge is 0.582 e. The molecule has 20 aromatic rings. The summed E-state index contributed by atoms with van der Waals surface area (Å²) in [5.41, 5.74) is 16.3. The molecule has 0 saturated heterocycles. The molecule has 19 aromatic heterocycles. The fourth-order valence-corrected chi connectivity index (χ4v) is 12.7. The van der Waals surface area contributed by atoms with Crippen molar-refractivity contribution in [3.8, 4) is 91.4 Å². The molecule has 2 aliphatic rings. The summed E-state index contributed by atoms with van der Waals surface area (Å²) in [6, 6.07) is 54.9. The van der Waals surface area contributed by atoms with Crippen LogP contribution in [0.2, 0.25) is 0 Å². The maximum Gasteiger partial charge on any atom is 2.00 e. The van der Waals surface area contributed by atoms with Gasteiger partial charge in [0.2, 0.25) is 0 Å². The Kier molecular flexibility index (Phi) is 50.2. The van der Waals surface area contributed by atoms with Crippen LogP contribution < -0.4 is 51.0 Å². The summed E-state index contributed by atoms with van der Waals surface area (Å²) in [7, 11) is 9.75. The molecule has 138 heavy (non-hydrogen) atoms. The van der Waals surface area contributed by atoms with Crippen molar-refractivity contribution >= 4 is 35.6 Å².